The van der Waals surface area contributed by atoms with Crippen LogP contribution in [0.5, 0.6) is 0 Å². The fraction of sp³-hybridized carbons (Fsp3) is 0.824. The monoisotopic (exact) mass is 330 g/mol. The van der Waals surface area contributed by atoms with E-state index in [1.165, 1.54) is 6.08 Å². The zero-order chi connectivity index (χ0) is 17.6. The SMILES string of the molecule is CC1OC(O[C@H](C)CC/C=C/C(=O)OC(C)(C)C)C(O)CC1O. The van der Waals surface area contributed by atoms with E-state index in [9.17, 15) is 15.0 Å². The molecule has 0 spiro atoms. The van der Waals surface area contributed by atoms with E-state index in [1.54, 1.807) is 13.0 Å². The second-order valence-corrected chi connectivity index (χ2v) is 7.04. The molecule has 6 nitrogen and oxygen atoms in total. The van der Waals surface area contributed by atoms with E-state index in [4.69, 9.17) is 14.2 Å². The smallest absolute Gasteiger partial charge is 0.330 e. The lowest BCUT2D eigenvalue weighted by molar-refractivity contribution is -0.273. The molecule has 1 fully saturated rings. The standard InChI is InChI=1S/C17H30O6/c1-11(8-6-7-9-15(20)23-17(3,4)5)21-16-14(19)10-13(18)12(2)22-16/h7,9,11-14,16,18-19H,6,8,10H2,1-5H3/b9-7+/t11-,12?,13?,14?,16?/m1/s1. The van der Waals surface area contributed by atoms with Crippen LogP contribution in [-0.2, 0) is 19.0 Å². The maximum absolute atomic E-state index is 11.5. The summed E-state index contributed by atoms with van der Waals surface area (Å²) in [5, 5.41) is 19.5. The summed E-state index contributed by atoms with van der Waals surface area (Å²) in [5.41, 5.74) is -0.493. The molecule has 23 heavy (non-hydrogen) atoms. The number of ether oxygens (including phenoxy) is 3. The van der Waals surface area contributed by atoms with Gasteiger partial charge in [0.1, 0.15) is 11.7 Å². The molecule has 6 heteroatoms. The molecule has 0 saturated carbocycles. The van der Waals surface area contributed by atoms with Crippen LogP contribution in [0.1, 0.15) is 53.9 Å². The second kappa shape index (κ2) is 8.78. The fourth-order valence-corrected chi connectivity index (χ4v) is 2.21. The molecule has 0 bridgehead atoms. The van der Waals surface area contributed by atoms with Gasteiger partial charge in [-0.2, -0.15) is 0 Å². The van der Waals surface area contributed by atoms with Crippen molar-refractivity contribution < 1.29 is 29.2 Å². The van der Waals surface area contributed by atoms with Crippen molar-refractivity contribution in [2.75, 3.05) is 0 Å². The van der Waals surface area contributed by atoms with E-state index in [0.29, 0.717) is 12.8 Å². The summed E-state index contributed by atoms with van der Waals surface area (Å²) in [5.74, 6) is -0.361. The lowest BCUT2D eigenvalue weighted by Crippen LogP contribution is -2.48. The van der Waals surface area contributed by atoms with Crippen molar-refractivity contribution in [3.8, 4) is 0 Å². The molecule has 0 amide bonds. The number of hydrogen-bond acceptors (Lipinski definition) is 6. The van der Waals surface area contributed by atoms with Gasteiger partial charge >= 0.3 is 5.97 Å². The van der Waals surface area contributed by atoms with Crippen molar-refractivity contribution in [3.63, 3.8) is 0 Å². The predicted molar refractivity (Wildman–Crippen MR) is 85.7 cm³/mol. The molecule has 0 radical (unpaired) electrons. The van der Waals surface area contributed by atoms with Gasteiger partial charge in [0.2, 0.25) is 0 Å². The van der Waals surface area contributed by atoms with E-state index >= 15 is 0 Å². The summed E-state index contributed by atoms with van der Waals surface area (Å²) < 4.78 is 16.3. The summed E-state index contributed by atoms with van der Waals surface area (Å²) in [4.78, 5) is 11.5. The van der Waals surface area contributed by atoms with Gasteiger partial charge in [0.15, 0.2) is 6.29 Å². The Balaban J connectivity index is 2.29. The number of aliphatic hydroxyl groups excluding tert-OH is 2. The molecule has 1 rings (SSSR count). The molecule has 1 heterocycles. The Bertz CT molecular complexity index is 400. The van der Waals surface area contributed by atoms with Gasteiger partial charge in [-0.25, -0.2) is 4.79 Å². The Morgan fingerprint density at radius 2 is 2.00 bits per heavy atom. The average Bonchev–Trinajstić information content (AvgIpc) is 2.39. The summed E-state index contributed by atoms with van der Waals surface area (Å²) in [6.45, 7) is 9.10. The van der Waals surface area contributed by atoms with Gasteiger partial charge in [-0.1, -0.05) is 6.08 Å². The zero-order valence-electron chi connectivity index (χ0n) is 14.7. The van der Waals surface area contributed by atoms with Crippen LogP contribution in [0.2, 0.25) is 0 Å². The summed E-state index contributed by atoms with van der Waals surface area (Å²) >= 11 is 0. The number of esters is 1. The molecule has 2 N–H and O–H groups in total. The third-order valence-electron chi connectivity index (χ3n) is 3.45. The minimum absolute atomic E-state index is 0.139. The Morgan fingerprint density at radius 3 is 2.61 bits per heavy atom. The minimum atomic E-state index is -0.832. The molecule has 4 unspecified atom stereocenters. The van der Waals surface area contributed by atoms with Crippen LogP contribution in [0.4, 0.5) is 0 Å². The molecule has 0 aromatic rings. The highest BCUT2D eigenvalue weighted by Crippen LogP contribution is 2.22. The number of hydrogen-bond donors (Lipinski definition) is 2. The molecule has 0 aliphatic carbocycles. The summed E-state index contributed by atoms with van der Waals surface area (Å²) in [6.07, 6.45) is 2.03. The number of carbonyl (C=O) groups is 1. The molecular formula is C17H30O6. The Labute approximate surface area is 138 Å². The molecule has 1 saturated heterocycles. The van der Waals surface area contributed by atoms with Crippen molar-refractivity contribution in [1.29, 1.82) is 0 Å². The number of carbonyl (C=O) groups excluding carboxylic acids is 1. The van der Waals surface area contributed by atoms with Crippen LogP contribution in [-0.4, -0.2) is 52.5 Å². The lowest BCUT2D eigenvalue weighted by atomic mass is 10.0. The van der Waals surface area contributed by atoms with Crippen molar-refractivity contribution in [1.82, 2.24) is 0 Å². The Kier molecular flexibility index (Phi) is 7.67. The predicted octanol–water partition coefficient (Wildman–Crippen LogP) is 1.93. The van der Waals surface area contributed by atoms with Crippen LogP contribution in [0.25, 0.3) is 0 Å². The quantitative estimate of drug-likeness (QED) is 0.572. The minimum Gasteiger partial charge on any atom is -0.457 e. The normalized spacial score (nSPS) is 30.4. The first kappa shape index (κ1) is 20.1. The maximum atomic E-state index is 11.5. The van der Waals surface area contributed by atoms with Gasteiger partial charge in [0.05, 0.1) is 18.3 Å². The third kappa shape index (κ3) is 7.92. The molecule has 1 aliphatic heterocycles. The number of allylic oxidation sites excluding steroid dienone is 1. The van der Waals surface area contributed by atoms with Crippen molar-refractivity contribution in [2.24, 2.45) is 0 Å². The van der Waals surface area contributed by atoms with E-state index in [2.05, 4.69) is 0 Å². The summed E-state index contributed by atoms with van der Waals surface area (Å²) in [6, 6.07) is 0. The van der Waals surface area contributed by atoms with Crippen LogP contribution in [0, 0.1) is 0 Å². The largest absolute Gasteiger partial charge is 0.457 e. The van der Waals surface area contributed by atoms with Gasteiger partial charge in [-0.3, -0.25) is 0 Å². The van der Waals surface area contributed by atoms with E-state index in [0.717, 1.165) is 0 Å². The van der Waals surface area contributed by atoms with Gasteiger partial charge in [-0.15, -0.1) is 0 Å². The highest BCUT2D eigenvalue weighted by atomic mass is 16.7. The first-order valence-electron chi connectivity index (χ1n) is 8.15. The highest BCUT2D eigenvalue weighted by Gasteiger charge is 2.35. The lowest BCUT2D eigenvalue weighted by Gasteiger charge is -2.36. The average molecular weight is 330 g/mol. The molecule has 1 aliphatic rings. The fourth-order valence-electron chi connectivity index (χ4n) is 2.21. The maximum Gasteiger partial charge on any atom is 0.330 e. The number of rotatable bonds is 6. The van der Waals surface area contributed by atoms with E-state index < -0.39 is 24.1 Å². The molecule has 5 atom stereocenters. The van der Waals surface area contributed by atoms with Gasteiger partial charge in [0.25, 0.3) is 0 Å². The van der Waals surface area contributed by atoms with Crippen LogP contribution in [0.3, 0.4) is 0 Å². The van der Waals surface area contributed by atoms with E-state index in [-0.39, 0.29) is 24.6 Å². The van der Waals surface area contributed by atoms with Crippen LogP contribution < -0.4 is 0 Å². The van der Waals surface area contributed by atoms with Gasteiger partial charge < -0.3 is 24.4 Å². The Hall–Kier alpha value is -0.950. The molecule has 0 aromatic carbocycles. The third-order valence-corrected chi connectivity index (χ3v) is 3.45. The van der Waals surface area contributed by atoms with Crippen LogP contribution in [0.15, 0.2) is 12.2 Å². The van der Waals surface area contributed by atoms with Crippen LogP contribution >= 0.6 is 0 Å². The summed E-state index contributed by atoms with van der Waals surface area (Å²) in [7, 11) is 0. The topological polar surface area (TPSA) is 85.2 Å². The Morgan fingerprint density at radius 1 is 1.35 bits per heavy atom. The first-order chi connectivity index (χ1) is 10.6. The molecule has 134 valence electrons. The second-order valence-electron chi connectivity index (χ2n) is 7.04. The molecular weight excluding hydrogens is 300 g/mol. The number of aliphatic hydroxyl groups is 2. The van der Waals surface area contributed by atoms with Crippen molar-refractivity contribution in [3.05, 3.63) is 12.2 Å². The highest BCUT2D eigenvalue weighted by molar-refractivity contribution is 5.82. The zero-order valence-corrected chi connectivity index (χ0v) is 14.7. The molecule has 0 aromatic heterocycles. The van der Waals surface area contributed by atoms with Crippen molar-refractivity contribution in [2.45, 2.75) is 90.2 Å². The van der Waals surface area contributed by atoms with Crippen molar-refractivity contribution >= 4 is 5.97 Å². The van der Waals surface area contributed by atoms with Gasteiger partial charge in [-0.05, 0) is 47.5 Å². The van der Waals surface area contributed by atoms with E-state index in [1.807, 2.05) is 27.7 Å². The first-order valence-corrected chi connectivity index (χ1v) is 8.15. The van der Waals surface area contributed by atoms with Gasteiger partial charge in [0, 0.05) is 12.5 Å².